The number of aryl methyl sites for hydroxylation is 1. The summed E-state index contributed by atoms with van der Waals surface area (Å²) in [5.74, 6) is 2.51. The van der Waals surface area contributed by atoms with Crippen molar-refractivity contribution in [3.05, 3.63) is 53.1 Å². The Bertz CT molecular complexity index is 937. The van der Waals surface area contributed by atoms with Crippen LogP contribution in [0.4, 0.5) is 5.69 Å². The first-order valence-electron chi connectivity index (χ1n) is 9.91. The summed E-state index contributed by atoms with van der Waals surface area (Å²) in [4.78, 5) is 2.30. The third-order valence-corrected chi connectivity index (χ3v) is 6.19. The Kier molecular flexibility index (Phi) is 4.79. The molecule has 1 unspecified atom stereocenters. The zero-order valence-electron chi connectivity index (χ0n) is 17.2. The fourth-order valence-corrected chi connectivity index (χ4v) is 4.48. The maximum absolute atomic E-state index is 11.9. The van der Waals surface area contributed by atoms with Crippen molar-refractivity contribution in [3.8, 4) is 11.5 Å². The SMILES string of the molecule is COc1ccc(C2(O)CN(c3cccc(C)c3C)C3=[N+]2CCCC3)cc1OC. The molecule has 2 aromatic rings. The Morgan fingerprint density at radius 1 is 1.04 bits per heavy atom. The van der Waals surface area contributed by atoms with E-state index in [9.17, 15) is 5.11 Å². The predicted octanol–water partition coefficient (Wildman–Crippen LogP) is 3.58. The summed E-state index contributed by atoms with van der Waals surface area (Å²) in [5.41, 5.74) is 3.45. The van der Waals surface area contributed by atoms with E-state index in [2.05, 4.69) is 41.5 Å². The molecule has 0 bridgehead atoms. The van der Waals surface area contributed by atoms with Gasteiger partial charge >= 0.3 is 0 Å². The lowest BCUT2D eigenvalue weighted by Crippen LogP contribution is -2.41. The Morgan fingerprint density at radius 2 is 1.82 bits per heavy atom. The van der Waals surface area contributed by atoms with Crippen LogP contribution in [0.25, 0.3) is 0 Å². The molecule has 5 heteroatoms. The molecule has 0 fully saturated rings. The maximum atomic E-state index is 11.9. The molecule has 0 radical (unpaired) electrons. The van der Waals surface area contributed by atoms with Crippen LogP contribution in [0, 0.1) is 13.8 Å². The van der Waals surface area contributed by atoms with Gasteiger partial charge in [0.1, 0.15) is 5.69 Å². The topological polar surface area (TPSA) is 44.9 Å². The van der Waals surface area contributed by atoms with Gasteiger partial charge in [0.2, 0.25) is 0 Å². The molecular formula is C23H29N2O3+. The number of aliphatic hydroxyl groups is 1. The number of β-amino-alcohol motifs (C(OH)–C–C–N with tert-alkyl or cyclic N) is 1. The number of nitrogens with zero attached hydrogens (tertiary/aromatic N) is 2. The van der Waals surface area contributed by atoms with E-state index in [-0.39, 0.29) is 0 Å². The molecule has 2 aliphatic rings. The van der Waals surface area contributed by atoms with Crippen LogP contribution in [0.5, 0.6) is 11.5 Å². The van der Waals surface area contributed by atoms with E-state index < -0.39 is 5.72 Å². The molecule has 0 spiro atoms. The minimum Gasteiger partial charge on any atom is -0.493 e. The highest BCUT2D eigenvalue weighted by Crippen LogP contribution is 2.39. The van der Waals surface area contributed by atoms with Crippen molar-refractivity contribution in [3.63, 3.8) is 0 Å². The second kappa shape index (κ2) is 7.13. The average Bonchev–Trinajstić information content (AvgIpc) is 3.03. The summed E-state index contributed by atoms with van der Waals surface area (Å²) in [6, 6.07) is 12.1. The first-order valence-corrected chi connectivity index (χ1v) is 9.91. The number of anilines is 1. The molecule has 0 saturated heterocycles. The Morgan fingerprint density at radius 3 is 2.57 bits per heavy atom. The second-order valence-corrected chi connectivity index (χ2v) is 7.72. The summed E-state index contributed by atoms with van der Waals surface area (Å²) in [5, 5.41) is 11.9. The van der Waals surface area contributed by atoms with Gasteiger partial charge < -0.3 is 14.6 Å². The fraction of sp³-hybridized carbons (Fsp3) is 0.435. The van der Waals surface area contributed by atoms with Gasteiger partial charge in [0, 0.05) is 12.0 Å². The first kappa shape index (κ1) is 18.8. The van der Waals surface area contributed by atoms with Crippen LogP contribution in [0.3, 0.4) is 0 Å². The summed E-state index contributed by atoms with van der Waals surface area (Å²) in [6.45, 7) is 5.65. The summed E-state index contributed by atoms with van der Waals surface area (Å²) < 4.78 is 13.0. The van der Waals surface area contributed by atoms with Crippen molar-refractivity contribution in [2.75, 3.05) is 32.2 Å². The molecule has 2 heterocycles. The van der Waals surface area contributed by atoms with Crippen LogP contribution < -0.4 is 14.4 Å². The number of methoxy groups -OCH3 is 2. The molecule has 1 atom stereocenters. The number of hydrogen-bond donors (Lipinski definition) is 1. The van der Waals surface area contributed by atoms with Gasteiger partial charge in [-0.3, -0.25) is 0 Å². The highest BCUT2D eigenvalue weighted by molar-refractivity contribution is 5.96. The van der Waals surface area contributed by atoms with Crippen LogP contribution in [0.15, 0.2) is 36.4 Å². The number of benzene rings is 2. The van der Waals surface area contributed by atoms with Crippen LogP contribution in [0.2, 0.25) is 0 Å². The van der Waals surface area contributed by atoms with Gasteiger partial charge in [-0.15, -0.1) is 0 Å². The standard InChI is InChI=1S/C23H29N2O3/c1-16-8-7-9-19(17(16)2)24-15-23(26,25-13-6-5-10-22(24)25)18-11-12-20(27-3)21(14-18)28-4/h7-9,11-12,14,26H,5-6,10,13,15H2,1-4H3/q+1. The van der Waals surface area contributed by atoms with Gasteiger partial charge in [-0.25, -0.2) is 9.48 Å². The van der Waals surface area contributed by atoms with E-state index >= 15 is 0 Å². The van der Waals surface area contributed by atoms with Crippen LogP contribution in [-0.4, -0.2) is 42.8 Å². The van der Waals surface area contributed by atoms with Gasteiger partial charge in [0.25, 0.3) is 11.6 Å². The Hall–Kier alpha value is -2.53. The summed E-state index contributed by atoms with van der Waals surface area (Å²) in [6.07, 6.45) is 3.21. The molecule has 0 aliphatic carbocycles. The minimum atomic E-state index is -1.09. The van der Waals surface area contributed by atoms with Crippen LogP contribution >= 0.6 is 0 Å². The van der Waals surface area contributed by atoms with E-state index in [0.717, 1.165) is 31.4 Å². The lowest BCUT2D eigenvalue weighted by Gasteiger charge is -2.25. The average molecular weight is 381 g/mol. The molecule has 2 aliphatic heterocycles. The van der Waals surface area contributed by atoms with E-state index in [0.29, 0.717) is 18.0 Å². The first-order chi connectivity index (χ1) is 13.5. The molecule has 0 saturated carbocycles. The normalized spacial score (nSPS) is 21.7. The molecule has 4 rings (SSSR count). The van der Waals surface area contributed by atoms with E-state index in [1.54, 1.807) is 14.2 Å². The number of rotatable bonds is 4. The highest BCUT2D eigenvalue weighted by Gasteiger charge is 2.53. The maximum Gasteiger partial charge on any atom is 0.271 e. The van der Waals surface area contributed by atoms with E-state index in [4.69, 9.17) is 9.47 Å². The molecular weight excluding hydrogens is 352 g/mol. The molecule has 1 N–H and O–H groups in total. The zero-order valence-corrected chi connectivity index (χ0v) is 17.2. The Labute approximate surface area is 166 Å². The smallest absolute Gasteiger partial charge is 0.271 e. The third-order valence-electron chi connectivity index (χ3n) is 6.19. The molecule has 0 amide bonds. The van der Waals surface area contributed by atoms with Gasteiger partial charge in [-0.1, -0.05) is 12.1 Å². The van der Waals surface area contributed by atoms with Gasteiger partial charge in [-0.2, -0.15) is 0 Å². The predicted molar refractivity (Wildman–Crippen MR) is 111 cm³/mol. The molecule has 28 heavy (non-hydrogen) atoms. The molecule has 2 aromatic carbocycles. The van der Waals surface area contributed by atoms with Gasteiger partial charge in [0.15, 0.2) is 18.0 Å². The largest absolute Gasteiger partial charge is 0.493 e. The number of amidine groups is 1. The fourth-order valence-electron chi connectivity index (χ4n) is 4.48. The summed E-state index contributed by atoms with van der Waals surface area (Å²) in [7, 11) is 3.25. The van der Waals surface area contributed by atoms with Crippen molar-refractivity contribution in [2.24, 2.45) is 0 Å². The number of hydrogen-bond acceptors (Lipinski definition) is 4. The van der Waals surface area contributed by atoms with Crippen LogP contribution in [0.1, 0.15) is 36.0 Å². The monoisotopic (exact) mass is 381 g/mol. The lowest BCUT2D eigenvalue weighted by molar-refractivity contribution is -0.661. The quantitative estimate of drug-likeness (QED) is 0.823. The van der Waals surface area contributed by atoms with Crippen molar-refractivity contribution >= 4 is 11.5 Å². The Balaban J connectivity index is 1.82. The van der Waals surface area contributed by atoms with E-state index in [1.807, 2.05) is 18.2 Å². The molecule has 5 nitrogen and oxygen atoms in total. The second-order valence-electron chi connectivity index (χ2n) is 7.72. The molecule has 148 valence electrons. The zero-order chi connectivity index (χ0) is 19.9. The van der Waals surface area contributed by atoms with Crippen molar-refractivity contribution in [1.82, 2.24) is 0 Å². The van der Waals surface area contributed by atoms with Crippen molar-refractivity contribution < 1.29 is 19.2 Å². The van der Waals surface area contributed by atoms with Crippen LogP contribution in [-0.2, 0) is 5.72 Å². The van der Waals surface area contributed by atoms with Crippen molar-refractivity contribution in [2.45, 2.75) is 38.8 Å². The van der Waals surface area contributed by atoms with Gasteiger partial charge in [-0.05, 0) is 62.1 Å². The van der Waals surface area contributed by atoms with E-state index in [1.165, 1.54) is 22.6 Å². The third kappa shape index (κ3) is 2.85. The molecule has 0 aromatic heterocycles. The lowest BCUT2D eigenvalue weighted by atomic mass is 10.0. The van der Waals surface area contributed by atoms with Crippen molar-refractivity contribution in [1.29, 1.82) is 0 Å². The van der Waals surface area contributed by atoms with Gasteiger partial charge in [0.05, 0.1) is 20.8 Å². The number of ether oxygens (including phenoxy) is 2. The minimum absolute atomic E-state index is 0.502. The summed E-state index contributed by atoms with van der Waals surface area (Å²) >= 11 is 0. The highest BCUT2D eigenvalue weighted by atomic mass is 16.5.